The number of carbonyl (C=O) groups excluding carboxylic acids is 1. The average molecular weight is 312 g/mol. The summed E-state index contributed by atoms with van der Waals surface area (Å²) in [6.07, 6.45) is 0.894. The van der Waals surface area contributed by atoms with Crippen LogP contribution in [-0.4, -0.2) is 16.0 Å². The highest BCUT2D eigenvalue weighted by atomic mass is 32.2. The lowest BCUT2D eigenvalue weighted by Gasteiger charge is -2.23. The minimum atomic E-state index is -0.0318. The van der Waals surface area contributed by atoms with Crippen molar-refractivity contribution in [2.45, 2.75) is 23.7 Å². The second-order valence-electron chi connectivity index (χ2n) is 5.31. The third-order valence-electron chi connectivity index (χ3n) is 3.71. The fourth-order valence-corrected chi connectivity index (χ4v) is 3.49. The van der Waals surface area contributed by atoms with Gasteiger partial charge < -0.3 is 10.2 Å². The van der Waals surface area contributed by atoms with E-state index in [1.165, 1.54) is 11.8 Å². The van der Waals surface area contributed by atoms with E-state index in [9.17, 15) is 15.0 Å². The molecule has 2 aromatic carbocycles. The molecule has 1 unspecified atom stereocenters. The number of aliphatic hydroxyl groups is 1. The van der Waals surface area contributed by atoms with E-state index in [-0.39, 0.29) is 23.2 Å². The fourth-order valence-electron chi connectivity index (χ4n) is 2.58. The summed E-state index contributed by atoms with van der Waals surface area (Å²) in [5, 5.41) is 19.6. The standard InChI is InChI=1S/C18H16O3S/c19-14-6-8-15(9-7-14)22-18-16(20)10-13(11-17(18)21)12-4-2-1-3-5-12/h1-9,13,19-20H,10-11H2. The molecule has 1 aliphatic carbocycles. The van der Waals surface area contributed by atoms with Gasteiger partial charge in [-0.3, -0.25) is 4.79 Å². The van der Waals surface area contributed by atoms with Crippen LogP contribution >= 0.6 is 11.8 Å². The molecule has 0 amide bonds. The monoisotopic (exact) mass is 312 g/mol. The van der Waals surface area contributed by atoms with Crippen molar-refractivity contribution >= 4 is 17.5 Å². The number of benzene rings is 2. The van der Waals surface area contributed by atoms with Crippen molar-refractivity contribution in [1.82, 2.24) is 0 Å². The van der Waals surface area contributed by atoms with Crippen LogP contribution in [0.25, 0.3) is 0 Å². The molecule has 2 aromatic rings. The van der Waals surface area contributed by atoms with Gasteiger partial charge >= 0.3 is 0 Å². The van der Waals surface area contributed by atoms with Crippen LogP contribution in [0.2, 0.25) is 0 Å². The maximum atomic E-state index is 12.4. The van der Waals surface area contributed by atoms with Crippen molar-refractivity contribution in [2.24, 2.45) is 0 Å². The number of aliphatic hydroxyl groups excluding tert-OH is 1. The number of aromatic hydroxyl groups is 1. The molecule has 4 heteroatoms. The second-order valence-corrected chi connectivity index (χ2v) is 6.39. The third-order valence-corrected chi connectivity index (χ3v) is 4.89. The fraction of sp³-hybridized carbons (Fsp3) is 0.167. The Balaban J connectivity index is 1.80. The van der Waals surface area contributed by atoms with Crippen LogP contribution in [0.3, 0.4) is 0 Å². The highest BCUT2D eigenvalue weighted by Gasteiger charge is 2.29. The first-order valence-electron chi connectivity index (χ1n) is 7.10. The van der Waals surface area contributed by atoms with Crippen molar-refractivity contribution in [3.05, 3.63) is 70.8 Å². The van der Waals surface area contributed by atoms with Gasteiger partial charge in [0.1, 0.15) is 11.5 Å². The highest BCUT2D eigenvalue weighted by molar-refractivity contribution is 8.04. The van der Waals surface area contributed by atoms with Crippen LogP contribution in [0.1, 0.15) is 24.3 Å². The Kier molecular flexibility index (Phi) is 4.20. The number of hydrogen-bond donors (Lipinski definition) is 2. The zero-order chi connectivity index (χ0) is 15.5. The van der Waals surface area contributed by atoms with Gasteiger partial charge in [-0.15, -0.1) is 0 Å². The predicted molar refractivity (Wildman–Crippen MR) is 87.0 cm³/mol. The van der Waals surface area contributed by atoms with Gasteiger partial charge in [-0.25, -0.2) is 0 Å². The molecule has 3 nitrogen and oxygen atoms in total. The molecule has 112 valence electrons. The normalized spacial score (nSPS) is 18.5. The maximum Gasteiger partial charge on any atom is 0.173 e. The van der Waals surface area contributed by atoms with Gasteiger partial charge in [0, 0.05) is 17.7 Å². The number of phenols is 1. The Labute approximate surface area is 133 Å². The van der Waals surface area contributed by atoms with Crippen molar-refractivity contribution in [3.8, 4) is 5.75 Å². The summed E-state index contributed by atoms with van der Waals surface area (Å²) in [6, 6.07) is 16.4. The third kappa shape index (κ3) is 3.17. The van der Waals surface area contributed by atoms with Gasteiger partial charge in [0.15, 0.2) is 5.78 Å². The summed E-state index contributed by atoms with van der Waals surface area (Å²) in [5.74, 6) is 0.346. The summed E-state index contributed by atoms with van der Waals surface area (Å²) < 4.78 is 0. The van der Waals surface area contributed by atoms with E-state index in [4.69, 9.17) is 0 Å². The van der Waals surface area contributed by atoms with Crippen molar-refractivity contribution < 1.29 is 15.0 Å². The van der Waals surface area contributed by atoms with Gasteiger partial charge in [-0.1, -0.05) is 42.1 Å². The summed E-state index contributed by atoms with van der Waals surface area (Å²) in [5.41, 5.74) is 1.08. The molecular weight excluding hydrogens is 296 g/mol. The highest BCUT2D eigenvalue weighted by Crippen LogP contribution is 2.40. The van der Waals surface area contributed by atoms with Crippen LogP contribution < -0.4 is 0 Å². The number of ketones is 1. The van der Waals surface area contributed by atoms with E-state index in [1.807, 2.05) is 30.3 Å². The molecular formula is C18H16O3S. The van der Waals surface area contributed by atoms with Gasteiger partial charge in [0.2, 0.25) is 0 Å². The molecule has 0 fully saturated rings. The summed E-state index contributed by atoms with van der Waals surface area (Å²) in [7, 11) is 0. The SMILES string of the molecule is O=C1CC(c2ccccc2)CC(O)=C1Sc1ccc(O)cc1. The van der Waals surface area contributed by atoms with E-state index in [1.54, 1.807) is 24.3 Å². The molecule has 0 saturated carbocycles. The van der Waals surface area contributed by atoms with Crippen LogP contribution in [-0.2, 0) is 4.79 Å². The van der Waals surface area contributed by atoms with Crippen LogP contribution in [0.5, 0.6) is 5.75 Å². The molecule has 0 saturated heterocycles. The Hall–Kier alpha value is -2.20. The number of hydrogen-bond acceptors (Lipinski definition) is 4. The van der Waals surface area contributed by atoms with E-state index in [0.29, 0.717) is 17.7 Å². The second kappa shape index (κ2) is 6.28. The van der Waals surface area contributed by atoms with Crippen molar-refractivity contribution in [1.29, 1.82) is 0 Å². The lowest BCUT2D eigenvalue weighted by molar-refractivity contribution is -0.115. The minimum absolute atomic E-state index is 0.0318. The first kappa shape index (κ1) is 14.7. The molecule has 1 atom stereocenters. The molecule has 0 spiro atoms. The molecule has 1 aliphatic rings. The first-order chi connectivity index (χ1) is 10.6. The Morgan fingerprint density at radius 3 is 2.23 bits per heavy atom. The molecule has 0 aliphatic heterocycles. The van der Waals surface area contributed by atoms with Crippen LogP contribution in [0.4, 0.5) is 0 Å². The summed E-state index contributed by atoms with van der Waals surface area (Å²) in [4.78, 5) is 13.6. The number of Topliss-reactive ketones (excluding diaryl/α,β-unsaturated/α-hetero) is 1. The molecule has 0 bridgehead atoms. The lowest BCUT2D eigenvalue weighted by Crippen LogP contribution is -2.16. The predicted octanol–water partition coefficient (Wildman–Crippen LogP) is 4.40. The minimum Gasteiger partial charge on any atom is -0.511 e. The number of allylic oxidation sites excluding steroid dienone is 2. The van der Waals surface area contributed by atoms with Crippen LogP contribution in [0.15, 0.2) is 70.2 Å². The smallest absolute Gasteiger partial charge is 0.173 e. The Morgan fingerprint density at radius 1 is 0.909 bits per heavy atom. The first-order valence-corrected chi connectivity index (χ1v) is 7.92. The Bertz CT molecular complexity index is 705. The molecule has 0 heterocycles. The zero-order valence-corrected chi connectivity index (χ0v) is 12.7. The van der Waals surface area contributed by atoms with Gasteiger partial charge in [0.25, 0.3) is 0 Å². The van der Waals surface area contributed by atoms with E-state index < -0.39 is 0 Å². The zero-order valence-electron chi connectivity index (χ0n) is 11.9. The van der Waals surface area contributed by atoms with E-state index >= 15 is 0 Å². The lowest BCUT2D eigenvalue weighted by atomic mass is 9.86. The van der Waals surface area contributed by atoms with Crippen molar-refractivity contribution in [3.63, 3.8) is 0 Å². The Morgan fingerprint density at radius 2 is 1.59 bits per heavy atom. The van der Waals surface area contributed by atoms with E-state index in [2.05, 4.69) is 0 Å². The van der Waals surface area contributed by atoms with E-state index in [0.717, 1.165) is 10.5 Å². The maximum absolute atomic E-state index is 12.4. The summed E-state index contributed by atoms with van der Waals surface area (Å²) >= 11 is 1.26. The number of phenolic OH excluding ortho intramolecular Hbond substituents is 1. The van der Waals surface area contributed by atoms with Gasteiger partial charge in [-0.2, -0.15) is 0 Å². The average Bonchev–Trinajstić information content (AvgIpc) is 2.53. The largest absolute Gasteiger partial charge is 0.511 e. The quantitative estimate of drug-likeness (QED) is 0.882. The number of carbonyl (C=O) groups is 1. The molecule has 0 radical (unpaired) electrons. The molecule has 3 rings (SSSR count). The number of thioether (sulfide) groups is 1. The number of rotatable bonds is 3. The van der Waals surface area contributed by atoms with Crippen LogP contribution in [0, 0.1) is 0 Å². The van der Waals surface area contributed by atoms with Crippen molar-refractivity contribution in [2.75, 3.05) is 0 Å². The molecule has 22 heavy (non-hydrogen) atoms. The summed E-state index contributed by atoms with van der Waals surface area (Å²) in [6.45, 7) is 0. The molecule has 0 aromatic heterocycles. The van der Waals surface area contributed by atoms with Gasteiger partial charge in [0.05, 0.1) is 4.91 Å². The topological polar surface area (TPSA) is 57.5 Å². The molecule has 2 N–H and O–H groups in total. The van der Waals surface area contributed by atoms with Gasteiger partial charge in [-0.05, 0) is 35.7 Å².